The summed E-state index contributed by atoms with van der Waals surface area (Å²) in [5.41, 5.74) is -0.0222. The summed E-state index contributed by atoms with van der Waals surface area (Å²) in [6.07, 6.45) is 3.33. The molecule has 2 heterocycles. The van der Waals surface area contributed by atoms with Crippen molar-refractivity contribution in [1.29, 1.82) is 0 Å². The maximum atomic E-state index is 11.6. The van der Waals surface area contributed by atoms with Gasteiger partial charge in [0.15, 0.2) is 0 Å². The number of hydrogen-bond donors (Lipinski definition) is 0. The molecule has 84 valence electrons. The average molecular weight is 330 g/mol. The fourth-order valence-corrected chi connectivity index (χ4v) is 1.97. The van der Waals surface area contributed by atoms with Gasteiger partial charge in [-0.1, -0.05) is 0 Å². The Morgan fingerprint density at radius 1 is 1.44 bits per heavy atom. The molecule has 2 aromatic rings. The first kappa shape index (κ1) is 11.3. The predicted molar refractivity (Wildman–Crippen MR) is 68.2 cm³/mol. The first-order chi connectivity index (χ1) is 7.70. The van der Waals surface area contributed by atoms with Crippen molar-refractivity contribution in [3.63, 3.8) is 0 Å². The van der Waals surface area contributed by atoms with Crippen molar-refractivity contribution in [2.45, 2.75) is 20.0 Å². The number of hydrogen-bond acceptors (Lipinski definition) is 3. The van der Waals surface area contributed by atoms with Crippen LogP contribution in [-0.2, 0) is 13.1 Å². The lowest BCUT2D eigenvalue weighted by molar-refractivity contribution is 0.585. The second kappa shape index (κ2) is 4.77. The van der Waals surface area contributed by atoms with E-state index in [1.165, 1.54) is 6.33 Å². The van der Waals surface area contributed by atoms with Gasteiger partial charge in [0.05, 0.1) is 6.54 Å². The van der Waals surface area contributed by atoms with Crippen LogP contribution >= 0.6 is 22.6 Å². The van der Waals surface area contributed by atoms with Gasteiger partial charge in [-0.05, 0) is 35.6 Å². The highest BCUT2D eigenvalue weighted by Gasteiger charge is 2.04. The monoisotopic (exact) mass is 330 g/mol. The fraction of sp³-hybridized carbons (Fsp3) is 0.300. The molecule has 6 heteroatoms. The standard InChI is InChI=1S/C10H11IN4O/c1-2-15-9(12-7-13-15)6-14-5-8(11)3-4-10(14)16/h3-5,7H,2,6H2,1H3. The molecule has 0 aliphatic carbocycles. The van der Waals surface area contributed by atoms with Gasteiger partial charge < -0.3 is 4.57 Å². The zero-order valence-electron chi connectivity index (χ0n) is 8.80. The SMILES string of the molecule is CCn1ncnc1Cn1cc(I)ccc1=O. The van der Waals surface area contributed by atoms with E-state index in [4.69, 9.17) is 0 Å². The van der Waals surface area contributed by atoms with E-state index in [0.717, 1.165) is 15.9 Å². The number of nitrogens with zero attached hydrogens (tertiary/aromatic N) is 4. The highest BCUT2D eigenvalue weighted by molar-refractivity contribution is 14.1. The van der Waals surface area contributed by atoms with E-state index >= 15 is 0 Å². The summed E-state index contributed by atoms with van der Waals surface area (Å²) in [5, 5.41) is 4.07. The normalized spacial score (nSPS) is 10.6. The van der Waals surface area contributed by atoms with Gasteiger partial charge in [0.2, 0.25) is 0 Å². The molecule has 0 unspecified atom stereocenters. The minimum Gasteiger partial charge on any atom is -0.307 e. The molecule has 2 aromatic heterocycles. The van der Waals surface area contributed by atoms with E-state index in [2.05, 4.69) is 32.7 Å². The lowest BCUT2D eigenvalue weighted by Gasteiger charge is -2.06. The van der Waals surface area contributed by atoms with Crippen molar-refractivity contribution in [3.8, 4) is 0 Å². The van der Waals surface area contributed by atoms with Crippen LogP contribution in [0.25, 0.3) is 0 Å². The van der Waals surface area contributed by atoms with Gasteiger partial charge in [-0.15, -0.1) is 0 Å². The Morgan fingerprint density at radius 2 is 2.25 bits per heavy atom. The van der Waals surface area contributed by atoms with E-state index in [1.807, 2.05) is 13.1 Å². The number of halogens is 1. The molecule has 0 amide bonds. The summed E-state index contributed by atoms with van der Waals surface area (Å²) in [7, 11) is 0. The molecular formula is C10H11IN4O. The van der Waals surface area contributed by atoms with Gasteiger partial charge in [0.25, 0.3) is 5.56 Å². The number of aromatic nitrogens is 4. The van der Waals surface area contributed by atoms with Crippen molar-refractivity contribution in [3.05, 3.63) is 44.4 Å². The van der Waals surface area contributed by atoms with Gasteiger partial charge in [0, 0.05) is 22.4 Å². The third-order valence-corrected chi connectivity index (χ3v) is 2.89. The quantitative estimate of drug-likeness (QED) is 0.793. The number of pyridine rings is 1. The maximum absolute atomic E-state index is 11.6. The Balaban J connectivity index is 2.33. The molecule has 0 aliphatic heterocycles. The van der Waals surface area contributed by atoms with Crippen molar-refractivity contribution in [2.75, 3.05) is 0 Å². The molecule has 0 saturated heterocycles. The lowest BCUT2D eigenvalue weighted by Crippen LogP contribution is -2.21. The zero-order valence-corrected chi connectivity index (χ0v) is 11.0. The highest BCUT2D eigenvalue weighted by atomic mass is 127. The molecule has 0 atom stereocenters. The van der Waals surface area contributed by atoms with E-state index in [0.29, 0.717) is 6.54 Å². The first-order valence-corrected chi connectivity index (χ1v) is 6.01. The summed E-state index contributed by atoms with van der Waals surface area (Å²) in [4.78, 5) is 15.7. The van der Waals surface area contributed by atoms with Crippen LogP contribution in [0, 0.1) is 3.57 Å². The topological polar surface area (TPSA) is 52.7 Å². The van der Waals surface area contributed by atoms with Crippen LogP contribution < -0.4 is 5.56 Å². The molecular weight excluding hydrogens is 319 g/mol. The Labute approximate surface area is 106 Å². The first-order valence-electron chi connectivity index (χ1n) is 4.93. The fourth-order valence-electron chi connectivity index (χ4n) is 1.45. The lowest BCUT2D eigenvalue weighted by atomic mass is 10.4. The van der Waals surface area contributed by atoms with Gasteiger partial charge in [-0.3, -0.25) is 4.79 Å². The number of rotatable bonds is 3. The number of aryl methyl sites for hydroxylation is 1. The molecule has 5 nitrogen and oxygen atoms in total. The van der Waals surface area contributed by atoms with Crippen LogP contribution in [0.15, 0.2) is 29.5 Å². The largest absolute Gasteiger partial charge is 0.307 e. The predicted octanol–water partition coefficient (Wildman–Crippen LogP) is 1.11. The second-order valence-electron chi connectivity index (χ2n) is 3.31. The van der Waals surface area contributed by atoms with Crippen molar-refractivity contribution in [2.24, 2.45) is 0 Å². The molecule has 0 saturated carbocycles. The van der Waals surface area contributed by atoms with Crippen LogP contribution in [0.3, 0.4) is 0 Å². The van der Waals surface area contributed by atoms with Gasteiger partial charge >= 0.3 is 0 Å². The molecule has 0 N–H and O–H groups in total. The minimum absolute atomic E-state index is 0.0222. The molecule has 0 spiro atoms. The van der Waals surface area contributed by atoms with Crippen LogP contribution in [0.5, 0.6) is 0 Å². The summed E-state index contributed by atoms with van der Waals surface area (Å²) < 4.78 is 4.45. The molecule has 0 bridgehead atoms. The van der Waals surface area contributed by atoms with Crippen LogP contribution in [0.4, 0.5) is 0 Å². The van der Waals surface area contributed by atoms with E-state index in [1.54, 1.807) is 21.4 Å². The van der Waals surface area contributed by atoms with Crippen molar-refractivity contribution in [1.82, 2.24) is 19.3 Å². The van der Waals surface area contributed by atoms with Gasteiger partial charge in [0.1, 0.15) is 12.2 Å². The van der Waals surface area contributed by atoms with Gasteiger partial charge in [-0.2, -0.15) is 5.10 Å². The summed E-state index contributed by atoms with van der Waals surface area (Å²) in [6.45, 7) is 3.22. The molecule has 0 aromatic carbocycles. The third-order valence-electron chi connectivity index (χ3n) is 2.25. The third kappa shape index (κ3) is 2.31. The summed E-state index contributed by atoms with van der Waals surface area (Å²) >= 11 is 2.18. The summed E-state index contributed by atoms with van der Waals surface area (Å²) in [5.74, 6) is 0.798. The van der Waals surface area contributed by atoms with Crippen LogP contribution in [-0.4, -0.2) is 19.3 Å². The van der Waals surface area contributed by atoms with Crippen LogP contribution in [0.2, 0.25) is 0 Å². The van der Waals surface area contributed by atoms with Crippen LogP contribution in [0.1, 0.15) is 12.7 Å². The Bertz CT molecular complexity index is 546. The molecule has 2 rings (SSSR count). The second-order valence-corrected chi connectivity index (χ2v) is 4.55. The van der Waals surface area contributed by atoms with Crippen molar-refractivity contribution >= 4 is 22.6 Å². The molecule has 0 fully saturated rings. The Kier molecular flexibility index (Phi) is 3.37. The van der Waals surface area contributed by atoms with E-state index in [9.17, 15) is 4.79 Å². The maximum Gasteiger partial charge on any atom is 0.250 e. The summed E-state index contributed by atoms with van der Waals surface area (Å²) in [6, 6.07) is 3.36. The van der Waals surface area contributed by atoms with Crippen molar-refractivity contribution < 1.29 is 0 Å². The van der Waals surface area contributed by atoms with E-state index < -0.39 is 0 Å². The Hall–Kier alpha value is -1.18. The molecule has 0 aliphatic rings. The smallest absolute Gasteiger partial charge is 0.250 e. The van der Waals surface area contributed by atoms with Gasteiger partial charge in [-0.25, -0.2) is 9.67 Å². The van der Waals surface area contributed by atoms with E-state index in [-0.39, 0.29) is 5.56 Å². The zero-order chi connectivity index (χ0) is 11.5. The average Bonchev–Trinajstić information content (AvgIpc) is 2.71. The minimum atomic E-state index is -0.0222. The molecule has 16 heavy (non-hydrogen) atoms. The Morgan fingerprint density at radius 3 is 3.00 bits per heavy atom. The molecule has 0 radical (unpaired) electrons. The highest BCUT2D eigenvalue weighted by Crippen LogP contribution is 2.02.